The van der Waals surface area contributed by atoms with Crippen molar-refractivity contribution in [2.24, 2.45) is 0 Å². The lowest BCUT2D eigenvalue weighted by atomic mass is 10.0. The van der Waals surface area contributed by atoms with Gasteiger partial charge >= 0.3 is 0 Å². The third-order valence-electron chi connectivity index (χ3n) is 3.39. The fourth-order valence-electron chi connectivity index (χ4n) is 2.39. The van der Waals surface area contributed by atoms with E-state index in [0.29, 0.717) is 5.56 Å². The number of aliphatic hydroxyl groups excluding tert-OH is 1. The molecule has 0 saturated heterocycles. The van der Waals surface area contributed by atoms with Crippen LogP contribution in [0.5, 0.6) is 0 Å². The maximum absolute atomic E-state index is 13.1. The van der Waals surface area contributed by atoms with Gasteiger partial charge in [0.2, 0.25) is 10.0 Å². The lowest BCUT2D eigenvalue weighted by molar-refractivity contribution is 0.158. The monoisotopic (exact) mass is 337 g/mol. The van der Waals surface area contributed by atoms with Crippen molar-refractivity contribution in [2.45, 2.75) is 31.2 Å². The highest BCUT2D eigenvalue weighted by molar-refractivity contribution is 7.88. The number of hydrogen-bond acceptors (Lipinski definition) is 3. The second kappa shape index (κ2) is 7.68. The second-order valence-electron chi connectivity index (χ2n) is 5.57. The highest BCUT2D eigenvalue weighted by atomic mass is 32.2. The Morgan fingerprint density at radius 1 is 1.13 bits per heavy atom. The summed E-state index contributed by atoms with van der Waals surface area (Å²) in [6.07, 6.45) is -0.491. The molecule has 0 aliphatic rings. The molecule has 0 fully saturated rings. The molecular weight excluding hydrogens is 317 g/mol. The predicted molar refractivity (Wildman–Crippen MR) is 87.6 cm³/mol. The number of hydrogen-bond donors (Lipinski definition) is 2. The largest absolute Gasteiger partial charge is 0.388 e. The van der Waals surface area contributed by atoms with E-state index in [4.69, 9.17) is 0 Å². The van der Waals surface area contributed by atoms with Crippen LogP contribution >= 0.6 is 0 Å². The molecule has 0 saturated carbocycles. The Hall–Kier alpha value is -1.76. The summed E-state index contributed by atoms with van der Waals surface area (Å²) in [7, 11) is -3.61. The molecule has 0 amide bonds. The molecule has 4 nitrogen and oxygen atoms in total. The van der Waals surface area contributed by atoms with Gasteiger partial charge in [-0.05, 0) is 36.6 Å². The number of nitrogens with one attached hydrogen (secondary N) is 1. The standard InChI is InChI=1S/C17H20FNO3S/c1-13(10-17(20)15-7-3-2-4-8-15)19-23(21,22)12-14-6-5-9-16(18)11-14/h2-9,11,13,17,19-20H,10,12H2,1H3. The average Bonchev–Trinajstić information content (AvgIpc) is 2.46. The molecule has 23 heavy (non-hydrogen) atoms. The van der Waals surface area contributed by atoms with Crippen LogP contribution in [0.3, 0.4) is 0 Å². The molecule has 2 N–H and O–H groups in total. The summed E-state index contributed by atoms with van der Waals surface area (Å²) in [5.41, 5.74) is 1.12. The molecule has 0 spiro atoms. The molecule has 124 valence electrons. The van der Waals surface area contributed by atoms with Gasteiger partial charge in [0.15, 0.2) is 0 Å². The summed E-state index contributed by atoms with van der Waals surface area (Å²) in [4.78, 5) is 0. The van der Waals surface area contributed by atoms with E-state index < -0.39 is 28.0 Å². The van der Waals surface area contributed by atoms with Crippen molar-refractivity contribution in [1.29, 1.82) is 0 Å². The summed E-state index contributed by atoms with van der Waals surface area (Å²) in [5, 5.41) is 10.1. The number of halogens is 1. The van der Waals surface area contributed by atoms with Crippen LogP contribution in [-0.4, -0.2) is 19.6 Å². The Balaban J connectivity index is 1.94. The van der Waals surface area contributed by atoms with E-state index in [9.17, 15) is 17.9 Å². The van der Waals surface area contributed by atoms with Crippen LogP contribution < -0.4 is 4.72 Å². The summed E-state index contributed by atoms with van der Waals surface area (Å²) in [6, 6.07) is 14.1. The Morgan fingerprint density at radius 2 is 1.83 bits per heavy atom. The predicted octanol–water partition coefficient (Wildman–Crippen LogP) is 2.76. The van der Waals surface area contributed by atoms with Gasteiger partial charge in [0.1, 0.15) is 5.82 Å². The quantitative estimate of drug-likeness (QED) is 0.816. The van der Waals surface area contributed by atoms with E-state index in [1.807, 2.05) is 18.2 Å². The average molecular weight is 337 g/mol. The Labute approximate surface area is 136 Å². The van der Waals surface area contributed by atoms with Crippen molar-refractivity contribution in [2.75, 3.05) is 0 Å². The summed E-state index contributed by atoms with van der Waals surface area (Å²) < 4.78 is 39.9. The minimum Gasteiger partial charge on any atom is -0.388 e. The third kappa shape index (κ3) is 5.74. The van der Waals surface area contributed by atoms with Gasteiger partial charge in [0.25, 0.3) is 0 Å². The minimum atomic E-state index is -3.61. The molecule has 2 unspecified atom stereocenters. The number of sulfonamides is 1. The fourth-order valence-corrected chi connectivity index (χ4v) is 3.80. The van der Waals surface area contributed by atoms with Gasteiger partial charge in [-0.2, -0.15) is 0 Å². The maximum Gasteiger partial charge on any atom is 0.216 e. The van der Waals surface area contributed by atoms with Crippen LogP contribution in [0.25, 0.3) is 0 Å². The molecule has 0 radical (unpaired) electrons. The number of rotatable bonds is 7. The molecule has 0 aliphatic carbocycles. The molecule has 2 aromatic carbocycles. The van der Waals surface area contributed by atoms with Crippen molar-refractivity contribution in [3.63, 3.8) is 0 Å². The molecule has 0 aromatic heterocycles. The van der Waals surface area contributed by atoms with Crippen molar-refractivity contribution in [1.82, 2.24) is 4.72 Å². The van der Waals surface area contributed by atoms with Crippen LogP contribution in [0, 0.1) is 5.82 Å². The first-order valence-electron chi connectivity index (χ1n) is 7.33. The third-order valence-corrected chi connectivity index (χ3v) is 4.86. The first-order valence-corrected chi connectivity index (χ1v) is 8.98. The molecule has 0 bridgehead atoms. The lowest BCUT2D eigenvalue weighted by Gasteiger charge is -2.18. The van der Waals surface area contributed by atoms with Gasteiger partial charge in [0.05, 0.1) is 11.9 Å². The highest BCUT2D eigenvalue weighted by Crippen LogP contribution is 2.18. The maximum atomic E-state index is 13.1. The molecule has 2 aromatic rings. The SMILES string of the molecule is CC(CC(O)c1ccccc1)NS(=O)(=O)Cc1cccc(F)c1. The van der Waals surface area contributed by atoms with Gasteiger partial charge < -0.3 is 5.11 Å². The Morgan fingerprint density at radius 3 is 2.48 bits per heavy atom. The van der Waals surface area contributed by atoms with Crippen LogP contribution in [0.1, 0.15) is 30.6 Å². The van der Waals surface area contributed by atoms with Crippen LogP contribution in [0.2, 0.25) is 0 Å². The van der Waals surface area contributed by atoms with Gasteiger partial charge in [-0.1, -0.05) is 42.5 Å². The van der Waals surface area contributed by atoms with Crippen molar-refractivity contribution >= 4 is 10.0 Å². The Kier molecular flexibility index (Phi) is 5.87. The fraction of sp³-hybridized carbons (Fsp3) is 0.294. The summed E-state index contributed by atoms with van der Waals surface area (Å²) >= 11 is 0. The zero-order valence-corrected chi connectivity index (χ0v) is 13.6. The second-order valence-corrected chi connectivity index (χ2v) is 7.32. The van der Waals surface area contributed by atoms with E-state index in [1.54, 1.807) is 25.1 Å². The smallest absolute Gasteiger partial charge is 0.216 e. The van der Waals surface area contributed by atoms with Crippen LogP contribution in [0.15, 0.2) is 54.6 Å². The van der Waals surface area contributed by atoms with Crippen molar-refractivity contribution < 1.29 is 17.9 Å². The molecule has 2 rings (SSSR count). The van der Waals surface area contributed by atoms with Gasteiger partial charge in [0, 0.05) is 6.04 Å². The first-order chi connectivity index (χ1) is 10.9. The van der Waals surface area contributed by atoms with E-state index in [1.165, 1.54) is 18.2 Å². The number of benzene rings is 2. The van der Waals surface area contributed by atoms with Gasteiger partial charge in [-0.3, -0.25) is 0 Å². The minimum absolute atomic E-state index is 0.256. The summed E-state index contributed by atoms with van der Waals surface area (Å²) in [5.74, 6) is -0.762. The molecule has 6 heteroatoms. The first kappa shape index (κ1) is 17.6. The van der Waals surface area contributed by atoms with Crippen LogP contribution in [-0.2, 0) is 15.8 Å². The van der Waals surface area contributed by atoms with E-state index >= 15 is 0 Å². The van der Waals surface area contributed by atoms with Gasteiger partial charge in [-0.25, -0.2) is 17.5 Å². The van der Waals surface area contributed by atoms with Crippen molar-refractivity contribution in [3.05, 3.63) is 71.5 Å². The zero-order chi connectivity index (χ0) is 16.9. The Bertz CT molecular complexity index is 735. The van der Waals surface area contributed by atoms with E-state index in [-0.39, 0.29) is 12.2 Å². The lowest BCUT2D eigenvalue weighted by Crippen LogP contribution is -2.34. The highest BCUT2D eigenvalue weighted by Gasteiger charge is 2.19. The van der Waals surface area contributed by atoms with E-state index in [0.717, 1.165) is 5.56 Å². The molecule has 2 atom stereocenters. The van der Waals surface area contributed by atoms with Crippen LogP contribution in [0.4, 0.5) is 4.39 Å². The van der Waals surface area contributed by atoms with Crippen molar-refractivity contribution in [3.8, 4) is 0 Å². The summed E-state index contributed by atoms with van der Waals surface area (Å²) in [6.45, 7) is 1.69. The topological polar surface area (TPSA) is 66.4 Å². The molecular formula is C17H20FNO3S. The normalized spacial score (nSPS) is 14.4. The zero-order valence-electron chi connectivity index (χ0n) is 12.8. The van der Waals surface area contributed by atoms with Gasteiger partial charge in [-0.15, -0.1) is 0 Å². The van der Waals surface area contributed by atoms with E-state index in [2.05, 4.69) is 4.72 Å². The molecule has 0 aliphatic heterocycles. The number of aliphatic hydroxyl groups is 1. The molecule has 0 heterocycles.